The predicted molar refractivity (Wildman–Crippen MR) is 74.2 cm³/mol. The molecular formula is C11H9IN2O4. The Morgan fingerprint density at radius 1 is 1.33 bits per heavy atom. The van der Waals surface area contributed by atoms with Gasteiger partial charge in [-0.2, -0.15) is 0 Å². The summed E-state index contributed by atoms with van der Waals surface area (Å²) >= 11 is 2.04. The van der Waals surface area contributed by atoms with Crippen molar-refractivity contribution in [2.75, 3.05) is 14.2 Å². The smallest absolute Gasteiger partial charge is 0.316 e. The number of pyridine rings is 1. The fraction of sp³-hybridized carbons (Fsp3) is 0.182. The quantitative estimate of drug-likeness (QED) is 0.364. The molecule has 0 fully saturated rings. The van der Waals surface area contributed by atoms with Gasteiger partial charge >= 0.3 is 5.69 Å². The molecule has 0 radical (unpaired) electrons. The Balaban J connectivity index is 2.92. The van der Waals surface area contributed by atoms with Crippen LogP contribution in [0.3, 0.4) is 0 Å². The number of ether oxygens (including phenoxy) is 2. The lowest BCUT2D eigenvalue weighted by Gasteiger charge is -2.09. The molecule has 0 unspecified atom stereocenters. The molecular weight excluding hydrogens is 351 g/mol. The van der Waals surface area contributed by atoms with Crippen molar-refractivity contribution < 1.29 is 14.4 Å². The van der Waals surface area contributed by atoms with E-state index in [0.717, 1.165) is 3.70 Å². The molecule has 0 saturated heterocycles. The van der Waals surface area contributed by atoms with Crippen molar-refractivity contribution in [2.24, 2.45) is 0 Å². The van der Waals surface area contributed by atoms with Gasteiger partial charge in [0.05, 0.1) is 25.2 Å². The van der Waals surface area contributed by atoms with E-state index in [0.29, 0.717) is 16.7 Å². The Morgan fingerprint density at radius 3 is 2.61 bits per heavy atom. The molecule has 0 bridgehead atoms. The molecule has 94 valence electrons. The van der Waals surface area contributed by atoms with Crippen molar-refractivity contribution in [2.45, 2.75) is 0 Å². The molecule has 0 aliphatic carbocycles. The number of nitro groups is 1. The summed E-state index contributed by atoms with van der Waals surface area (Å²) in [6.07, 6.45) is 0. The number of nitrogens with zero attached hydrogens (tertiary/aromatic N) is 2. The zero-order chi connectivity index (χ0) is 13.3. The lowest BCUT2D eigenvalue weighted by molar-refractivity contribution is -0.385. The summed E-state index contributed by atoms with van der Waals surface area (Å²) in [5, 5.41) is 11.7. The summed E-state index contributed by atoms with van der Waals surface area (Å²) in [5.41, 5.74) is 0.270. The first kappa shape index (κ1) is 12.8. The summed E-state index contributed by atoms with van der Waals surface area (Å²) in [7, 11) is 2.85. The van der Waals surface area contributed by atoms with Crippen LogP contribution in [0.1, 0.15) is 0 Å². The molecule has 7 heteroatoms. The average Bonchev–Trinajstić information content (AvgIpc) is 2.36. The standard InChI is InChI=1S/C11H9IN2O4/c1-17-8-5-7(14(15)16)11(18-2)10-6(8)3-4-9(12)13-10/h3-5H,1-2H3. The Labute approximate surface area is 116 Å². The molecule has 6 nitrogen and oxygen atoms in total. The molecule has 0 atom stereocenters. The zero-order valence-electron chi connectivity index (χ0n) is 9.64. The monoisotopic (exact) mass is 360 g/mol. The number of nitro benzene ring substituents is 1. The van der Waals surface area contributed by atoms with Gasteiger partial charge in [0.15, 0.2) is 0 Å². The van der Waals surface area contributed by atoms with Crippen LogP contribution in [0.5, 0.6) is 11.5 Å². The van der Waals surface area contributed by atoms with Crippen molar-refractivity contribution in [3.05, 3.63) is 32.0 Å². The number of halogens is 1. The lowest BCUT2D eigenvalue weighted by atomic mass is 10.1. The molecule has 1 heterocycles. The van der Waals surface area contributed by atoms with Crippen molar-refractivity contribution in [3.63, 3.8) is 0 Å². The Morgan fingerprint density at radius 2 is 2.06 bits per heavy atom. The molecule has 18 heavy (non-hydrogen) atoms. The molecule has 0 aliphatic heterocycles. The first-order valence-electron chi connectivity index (χ1n) is 4.94. The highest BCUT2D eigenvalue weighted by Crippen LogP contribution is 2.40. The summed E-state index contributed by atoms with van der Waals surface area (Å²) in [6.45, 7) is 0. The van der Waals surface area contributed by atoms with Crippen molar-refractivity contribution in [1.29, 1.82) is 0 Å². The van der Waals surface area contributed by atoms with E-state index in [1.54, 1.807) is 12.1 Å². The van der Waals surface area contributed by atoms with Gasteiger partial charge in [-0.05, 0) is 34.7 Å². The topological polar surface area (TPSA) is 74.5 Å². The van der Waals surface area contributed by atoms with Gasteiger partial charge in [0.25, 0.3) is 0 Å². The number of hydrogen-bond donors (Lipinski definition) is 0. The highest BCUT2D eigenvalue weighted by atomic mass is 127. The number of aromatic nitrogens is 1. The summed E-state index contributed by atoms with van der Waals surface area (Å²) < 4.78 is 11.0. The Hall–Kier alpha value is -1.64. The summed E-state index contributed by atoms with van der Waals surface area (Å²) in [6, 6.07) is 4.95. The largest absolute Gasteiger partial charge is 0.496 e. The van der Waals surface area contributed by atoms with E-state index in [4.69, 9.17) is 9.47 Å². The third-order valence-corrected chi connectivity index (χ3v) is 3.06. The SMILES string of the molecule is COc1cc([N+](=O)[O-])c(OC)c2nc(I)ccc12. The van der Waals surface area contributed by atoms with E-state index in [2.05, 4.69) is 4.98 Å². The van der Waals surface area contributed by atoms with Crippen LogP contribution >= 0.6 is 22.6 Å². The molecule has 1 aromatic carbocycles. The summed E-state index contributed by atoms with van der Waals surface area (Å²) in [4.78, 5) is 14.8. The van der Waals surface area contributed by atoms with E-state index in [1.165, 1.54) is 20.3 Å². The normalized spacial score (nSPS) is 10.4. The summed E-state index contributed by atoms with van der Waals surface area (Å²) in [5.74, 6) is 0.552. The first-order valence-corrected chi connectivity index (χ1v) is 6.02. The molecule has 0 amide bonds. The van der Waals surface area contributed by atoms with Gasteiger partial charge in [-0.25, -0.2) is 4.98 Å². The van der Waals surface area contributed by atoms with Crippen LogP contribution < -0.4 is 9.47 Å². The number of benzene rings is 1. The minimum atomic E-state index is -0.512. The lowest BCUT2D eigenvalue weighted by Crippen LogP contribution is -1.98. The second-order valence-electron chi connectivity index (χ2n) is 3.42. The maximum absolute atomic E-state index is 11.0. The Kier molecular flexibility index (Phi) is 3.50. The van der Waals surface area contributed by atoms with E-state index >= 15 is 0 Å². The minimum Gasteiger partial charge on any atom is -0.496 e. The fourth-order valence-corrected chi connectivity index (χ4v) is 2.12. The van der Waals surface area contributed by atoms with Crippen LogP contribution in [-0.2, 0) is 0 Å². The average molecular weight is 360 g/mol. The fourth-order valence-electron chi connectivity index (χ4n) is 1.70. The van der Waals surface area contributed by atoms with Crippen molar-refractivity contribution >= 4 is 39.2 Å². The second-order valence-corrected chi connectivity index (χ2v) is 4.52. The van der Waals surface area contributed by atoms with E-state index in [1.807, 2.05) is 22.6 Å². The van der Waals surface area contributed by atoms with Crippen LogP contribution in [0.15, 0.2) is 18.2 Å². The highest BCUT2D eigenvalue weighted by Gasteiger charge is 2.22. The van der Waals surface area contributed by atoms with Crippen LogP contribution in [0.25, 0.3) is 10.9 Å². The number of rotatable bonds is 3. The van der Waals surface area contributed by atoms with Gasteiger partial charge in [-0.3, -0.25) is 10.1 Å². The van der Waals surface area contributed by atoms with Crippen LogP contribution in [0, 0.1) is 13.8 Å². The third kappa shape index (κ3) is 2.05. The minimum absolute atomic E-state index is 0.148. The third-order valence-electron chi connectivity index (χ3n) is 2.46. The molecule has 0 spiro atoms. The second kappa shape index (κ2) is 4.92. The maximum atomic E-state index is 11.0. The Bertz CT molecular complexity index is 630. The van der Waals surface area contributed by atoms with Gasteiger partial charge in [-0.1, -0.05) is 0 Å². The molecule has 0 N–H and O–H groups in total. The number of methoxy groups -OCH3 is 2. The molecule has 0 saturated carbocycles. The van der Waals surface area contributed by atoms with Crippen LogP contribution in [-0.4, -0.2) is 24.1 Å². The van der Waals surface area contributed by atoms with E-state index < -0.39 is 4.92 Å². The van der Waals surface area contributed by atoms with E-state index in [9.17, 15) is 10.1 Å². The zero-order valence-corrected chi connectivity index (χ0v) is 11.8. The van der Waals surface area contributed by atoms with Crippen LogP contribution in [0.4, 0.5) is 5.69 Å². The molecule has 2 rings (SSSR count). The van der Waals surface area contributed by atoms with Gasteiger partial charge in [0.2, 0.25) is 5.75 Å². The van der Waals surface area contributed by atoms with Gasteiger partial charge in [0, 0.05) is 5.39 Å². The molecule has 0 aliphatic rings. The van der Waals surface area contributed by atoms with Crippen molar-refractivity contribution in [3.8, 4) is 11.5 Å². The number of hydrogen-bond acceptors (Lipinski definition) is 5. The van der Waals surface area contributed by atoms with Gasteiger partial charge in [0.1, 0.15) is 15.0 Å². The number of fused-ring (bicyclic) bond motifs is 1. The molecule has 2 aromatic rings. The van der Waals surface area contributed by atoms with Gasteiger partial charge < -0.3 is 9.47 Å². The first-order chi connectivity index (χ1) is 8.58. The maximum Gasteiger partial charge on any atom is 0.316 e. The highest BCUT2D eigenvalue weighted by molar-refractivity contribution is 14.1. The van der Waals surface area contributed by atoms with Crippen molar-refractivity contribution in [1.82, 2.24) is 4.98 Å². The molecule has 1 aromatic heterocycles. The van der Waals surface area contributed by atoms with Gasteiger partial charge in [-0.15, -0.1) is 0 Å². The van der Waals surface area contributed by atoms with E-state index in [-0.39, 0.29) is 11.4 Å². The van der Waals surface area contributed by atoms with Crippen LogP contribution in [0.2, 0.25) is 0 Å². The predicted octanol–water partition coefficient (Wildman–Crippen LogP) is 2.76.